The molecule has 8 nitrogen and oxygen atoms in total. The number of piperazine rings is 1. The van der Waals surface area contributed by atoms with Crippen LogP contribution in [0.1, 0.15) is 27.2 Å². The number of nitrogens with one attached hydrogen (secondary N) is 2. The molecule has 0 unspecified atom stereocenters. The van der Waals surface area contributed by atoms with Gasteiger partial charge in [0.2, 0.25) is 5.91 Å². The van der Waals surface area contributed by atoms with E-state index in [-0.39, 0.29) is 18.9 Å². The van der Waals surface area contributed by atoms with Crippen LogP contribution in [0.25, 0.3) is 22.2 Å². The predicted molar refractivity (Wildman–Crippen MR) is 129 cm³/mol. The number of pyridine rings is 1. The SMILES string of the molecule is CC(C)(C)OC(=O)NCCC(=O)N1CCN(c2c(-c3ccccc3)cnc3[nH]ccc23)CC1. The van der Waals surface area contributed by atoms with E-state index in [4.69, 9.17) is 4.74 Å². The molecule has 0 aliphatic carbocycles. The van der Waals surface area contributed by atoms with Gasteiger partial charge in [-0.15, -0.1) is 0 Å². The van der Waals surface area contributed by atoms with E-state index < -0.39 is 11.7 Å². The molecule has 174 valence electrons. The summed E-state index contributed by atoms with van der Waals surface area (Å²) >= 11 is 0. The third-order valence-corrected chi connectivity index (χ3v) is 5.60. The third-order valence-electron chi connectivity index (χ3n) is 5.60. The third kappa shape index (κ3) is 5.45. The van der Waals surface area contributed by atoms with E-state index in [2.05, 4.69) is 38.4 Å². The van der Waals surface area contributed by atoms with Crippen LogP contribution in [0.15, 0.2) is 48.8 Å². The summed E-state index contributed by atoms with van der Waals surface area (Å²) in [6.07, 6.45) is 3.59. The lowest BCUT2D eigenvalue weighted by Crippen LogP contribution is -2.49. The van der Waals surface area contributed by atoms with Crippen molar-refractivity contribution in [3.63, 3.8) is 0 Å². The van der Waals surface area contributed by atoms with Crippen LogP contribution in [0.3, 0.4) is 0 Å². The Morgan fingerprint density at radius 3 is 2.52 bits per heavy atom. The summed E-state index contributed by atoms with van der Waals surface area (Å²) in [6.45, 7) is 8.42. The smallest absolute Gasteiger partial charge is 0.407 e. The minimum atomic E-state index is -0.555. The molecule has 4 rings (SSSR count). The number of carbonyl (C=O) groups excluding carboxylic acids is 2. The van der Waals surface area contributed by atoms with Crippen LogP contribution in [-0.4, -0.2) is 65.2 Å². The molecule has 2 N–H and O–H groups in total. The summed E-state index contributed by atoms with van der Waals surface area (Å²) in [6, 6.07) is 12.3. The van der Waals surface area contributed by atoms with Crippen molar-refractivity contribution in [3.8, 4) is 11.1 Å². The molecule has 0 saturated carbocycles. The number of carbonyl (C=O) groups is 2. The number of anilines is 1. The van der Waals surface area contributed by atoms with Gasteiger partial charge in [0.05, 0.1) is 5.69 Å². The minimum absolute atomic E-state index is 0.0375. The molecule has 2 aromatic heterocycles. The number of H-pyrrole nitrogens is 1. The van der Waals surface area contributed by atoms with Gasteiger partial charge in [-0.25, -0.2) is 9.78 Å². The van der Waals surface area contributed by atoms with Gasteiger partial charge >= 0.3 is 6.09 Å². The Balaban J connectivity index is 1.40. The molecule has 1 aliphatic rings. The highest BCUT2D eigenvalue weighted by Crippen LogP contribution is 2.36. The van der Waals surface area contributed by atoms with E-state index in [1.165, 1.54) is 0 Å². The van der Waals surface area contributed by atoms with Gasteiger partial charge < -0.3 is 24.8 Å². The molecule has 1 fully saturated rings. The molecule has 33 heavy (non-hydrogen) atoms. The summed E-state index contributed by atoms with van der Waals surface area (Å²) < 4.78 is 5.21. The topological polar surface area (TPSA) is 90.6 Å². The fourth-order valence-corrected chi connectivity index (χ4v) is 4.09. The first-order valence-corrected chi connectivity index (χ1v) is 11.3. The maximum atomic E-state index is 12.7. The van der Waals surface area contributed by atoms with Crippen LogP contribution < -0.4 is 10.2 Å². The van der Waals surface area contributed by atoms with Gasteiger partial charge in [0.25, 0.3) is 0 Å². The number of hydrogen-bond acceptors (Lipinski definition) is 5. The van der Waals surface area contributed by atoms with Crippen molar-refractivity contribution >= 4 is 28.7 Å². The molecule has 0 radical (unpaired) electrons. The average molecular weight is 450 g/mol. The Morgan fingerprint density at radius 2 is 1.82 bits per heavy atom. The summed E-state index contributed by atoms with van der Waals surface area (Å²) in [7, 11) is 0. The normalized spacial score (nSPS) is 14.4. The fourth-order valence-electron chi connectivity index (χ4n) is 4.09. The predicted octanol–water partition coefficient (Wildman–Crippen LogP) is 3.79. The molecule has 0 spiro atoms. The van der Waals surface area contributed by atoms with Gasteiger partial charge in [-0.3, -0.25) is 4.79 Å². The number of fused-ring (bicyclic) bond motifs is 1. The molecule has 3 aromatic rings. The number of amides is 2. The van der Waals surface area contributed by atoms with Crippen LogP contribution in [0.2, 0.25) is 0 Å². The lowest BCUT2D eigenvalue weighted by molar-refractivity contribution is -0.131. The Labute approximate surface area is 193 Å². The number of nitrogens with zero attached hydrogens (tertiary/aromatic N) is 3. The number of benzene rings is 1. The van der Waals surface area contributed by atoms with Crippen molar-refractivity contribution in [2.45, 2.75) is 32.8 Å². The van der Waals surface area contributed by atoms with Crippen molar-refractivity contribution in [2.75, 3.05) is 37.6 Å². The molecule has 1 aliphatic heterocycles. The lowest BCUT2D eigenvalue weighted by Gasteiger charge is -2.37. The number of hydrogen-bond donors (Lipinski definition) is 2. The van der Waals surface area contributed by atoms with Crippen LogP contribution >= 0.6 is 0 Å². The largest absolute Gasteiger partial charge is 0.444 e. The number of alkyl carbamates (subject to hydrolysis) is 1. The Morgan fingerprint density at radius 1 is 1.09 bits per heavy atom. The summed E-state index contributed by atoms with van der Waals surface area (Å²) in [5, 5.41) is 3.74. The highest BCUT2D eigenvalue weighted by molar-refractivity contribution is 5.98. The quantitative estimate of drug-likeness (QED) is 0.618. The monoisotopic (exact) mass is 449 g/mol. The first-order chi connectivity index (χ1) is 15.8. The fraction of sp³-hybridized carbons (Fsp3) is 0.400. The highest BCUT2D eigenvalue weighted by Gasteiger charge is 2.25. The van der Waals surface area contributed by atoms with E-state index in [9.17, 15) is 9.59 Å². The minimum Gasteiger partial charge on any atom is -0.444 e. The molecular formula is C25H31N5O3. The molecule has 0 bridgehead atoms. The maximum absolute atomic E-state index is 12.7. The number of aromatic nitrogens is 2. The molecule has 2 amide bonds. The van der Waals surface area contributed by atoms with Crippen molar-refractivity contribution in [1.82, 2.24) is 20.2 Å². The van der Waals surface area contributed by atoms with Crippen molar-refractivity contribution in [3.05, 3.63) is 48.8 Å². The number of aromatic amines is 1. The van der Waals surface area contributed by atoms with Crippen molar-refractivity contribution in [1.29, 1.82) is 0 Å². The summed E-state index contributed by atoms with van der Waals surface area (Å²) in [5.74, 6) is 0.0375. The molecular weight excluding hydrogens is 418 g/mol. The van der Waals surface area contributed by atoms with Gasteiger partial charge in [0.15, 0.2) is 0 Å². The Hall–Kier alpha value is -3.55. The first kappa shape index (κ1) is 22.6. The van der Waals surface area contributed by atoms with Gasteiger partial charge in [-0.05, 0) is 32.4 Å². The van der Waals surface area contributed by atoms with Gasteiger partial charge in [0, 0.05) is 62.5 Å². The Bertz CT molecular complexity index is 1110. The first-order valence-electron chi connectivity index (χ1n) is 11.3. The van der Waals surface area contributed by atoms with Gasteiger partial charge in [-0.1, -0.05) is 30.3 Å². The second-order valence-corrected chi connectivity index (χ2v) is 9.17. The zero-order valence-corrected chi connectivity index (χ0v) is 19.4. The second kappa shape index (κ2) is 9.52. The van der Waals surface area contributed by atoms with Gasteiger partial charge in [-0.2, -0.15) is 0 Å². The van der Waals surface area contributed by atoms with Gasteiger partial charge in [0.1, 0.15) is 11.2 Å². The molecule has 1 aromatic carbocycles. The van der Waals surface area contributed by atoms with E-state index in [1.807, 2.05) is 56.3 Å². The van der Waals surface area contributed by atoms with Crippen molar-refractivity contribution < 1.29 is 14.3 Å². The number of ether oxygens (including phenoxy) is 1. The van der Waals surface area contributed by atoms with E-state index in [1.54, 1.807) is 0 Å². The van der Waals surface area contributed by atoms with E-state index in [0.29, 0.717) is 13.1 Å². The number of rotatable bonds is 5. The summed E-state index contributed by atoms with van der Waals surface area (Å²) in [5.41, 5.74) is 3.65. The molecule has 8 heteroatoms. The highest BCUT2D eigenvalue weighted by atomic mass is 16.6. The Kier molecular flexibility index (Phi) is 6.53. The second-order valence-electron chi connectivity index (χ2n) is 9.17. The lowest BCUT2D eigenvalue weighted by atomic mass is 10.0. The molecule has 1 saturated heterocycles. The van der Waals surface area contributed by atoms with Crippen molar-refractivity contribution in [2.24, 2.45) is 0 Å². The molecule has 0 atom stereocenters. The zero-order chi connectivity index (χ0) is 23.4. The summed E-state index contributed by atoms with van der Waals surface area (Å²) in [4.78, 5) is 36.4. The van der Waals surface area contributed by atoms with Crippen LogP contribution in [0, 0.1) is 0 Å². The van der Waals surface area contributed by atoms with Crippen LogP contribution in [0.4, 0.5) is 10.5 Å². The van der Waals surface area contributed by atoms with E-state index in [0.717, 1.165) is 40.9 Å². The van der Waals surface area contributed by atoms with E-state index >= 15 is 0 Å². The zero-order valence-electron chi connectivity index (χ0n) is 19.4. The van der Waals surface area contributed by atoms with Crippen LogP contribution in [0.5, 0.6) is 0 Å². The molecule has 3 heterocycles. The standard InChI is InChI=1S/C25H31N5O3/c1-25(2,3)33-24(32)27-12-10-21(31)29-13-15-30(16-14-29)22-19-9-11-26-23(19)28-17-20(22)18-7-5-4-6-8-18/h4-9,11,17H,10,12-16H2,1-3H3,(H,26,28)(H,27,32). The maximum Gasteiger partial charge on any atom is 0.407 e. The average Bonchev–Trinajstić information content (AvgIpc) is 3.27. The van der Waals surface area contributed by atoms with Crippen LogP contribution in [-0.2, 0) is 9.53 Å².